The van der Waals surface area contributed by atoms with Gasteiger partial charge in [0.2, 0.25) is 0 Å². The molecule has 0 fully saturated rings. The average Bonchev–Trinajstić information content (AvgIpc) is 2.68. The number of aromatic nitrogens is 2. The van der Waals surface area contributed by atoms with Crippen LogP contribution < -0.4 is 10.6 Å². The highest BCUT2D eigenvalue weighted by molar-refractivity contribution is 5.01. The number of aromatic amines is 1. The maximum Gasteiger partial charge on any atom is 0.0532 e. The quantitative estimate of drug-likeness (QED) is 0.568. The van der Waals surface area contributed by atoms with E-state index in [1.165, 1.54) is 12.0 Å². The summed E-state index contributed by atoms with van der Waals surface area (Å²) in [5, 5.41) is 13.5. The Balaban J connectivity index is 2.06. The molecule has 0 saturated carbocycles. The second-order valence-electron chi connectivity index (χ2n) is 3.59. The molecule has 1 heterocycles. The fourth-order valence-electron chi connectivity index (χ4n) is 1.23. The zero-order chi connectivity index (χ0) is 10.2. The molecule has 80 valence electrons. The molecule has 1 atom stereocenters. The maximum atomic E-state index is 3.89. The van der Waals surface area contributed by atoms with E-state index in [-0.39, 0.29) is 0 Å². The molecule has 4 nitrogen and oxygen atoms in total. The Hall–Kier alpha value is -0.870. The molecule has 1 aromatic rings. The molecule has 1 unspecified atom stereocenters. The van der Waals surface area contributed by atoms with Crippen LogP contribution in [0, 0.1) is 0 Å². The summed E-state index contributed by atoms with van der Waals surface area (Å²) >= 11 is 0. The highest BCUT2D eigenvalue weighted by atomic mass is 15.1. The average molecular weight is 196 g/mol. The van der Waals surface area contributed by atoms with Crippen molar-refractivity contribution in [2.75, 3.05) is 13.1 Å². The fourth-order valence-corrected chi connectivity index (χ4v) is 1.23. The van der Waals surface area contributed by atoms with E-state index in [4.69, 9.17) is 0 Å². The van der Waals surface area contributed by atoms with Crippen molar-refractivity contribution in [3.63, 3.8) is 0 Å². The van der Waals surface area contributed by atoms with E-state index in [0.29, 0.717) is 6.04 Å². The van der Waals surface area contributed by atoms with Crippen LogP contribution in [0.4, 0.5) is 0 Å². The predicted octanol–water partition coefficient (Wildman–Crippen LogP) is 0.887. The van der Waals surface area contributed by atoms with Crippen LogP contribution in [0.5, 0.6) is 0 Å². The summed E-state index contributed by atoms with van der Waals surface area (Å²) in [5.74, 6) is 0. The Morgan fingerprint density at radius 1 is 1.57 bits per heavy atom. The molecular weight excluding hydrogens is 176 g/mol. The van der Waals surface area contributed by atoms with Crippen LogP contribution in [0.25, 0.3) is 0 Å². The van der Waals surface area contributed by atoms with Crippen LogP contribution in [0.2, 0.25) is 0 Å². The summed E-state index contributed by atoms with van der Waals surface area (Å²) in [6.45, 7) is 7.36. The van der Waals surface area contributed by atoms with Crippen molar-refractivity contribution in [1.82, 2.24) is 20.8 Å². The van der Waals surface area contributed by atoms with Gasteiger partial charge in [0.1, 0.15) is 0 Å². The van der Waals surface area contributed by atoms with E-state index in [0.717, 1.165) is 19.6 Å². The zero-order valence-electron chi connectivity index (χ0n) is 9.01. The minimum Gasteiger partial charge on any atom is -0.315 e. The van der Waals surface area contributed by atoms with Crippen LogP contribution in [0.15, 0.2) is 12.4 Å². The van der Waals surface area contributed by atoms with E-state index in [2.05, 4.69) is 34.7 Å². The Kier molecular flexibility index (Phi) is 5.25. The van der Waals surface area contributed by atoms with Gasteiger partial charge in [0.05, 0.1) is 6.20 Å². The van der Waals surface area contributed by atoms with Gasteiger partial charge in [-0.15, -0.1) is 0 Å². The van der Waals surface area contributed by atoms with E-state index in [1.54, 1.807) is 0 Å². The van der Waals surface area contributed by atoms with Gasteiger partial charge in [0.25, 0.3) is 0 Å². The van der Waals surface area contributed by atoms with E-state index >= 15 is 0 Å². The molecule has 1 rings (SSSR count). The van der Waals surface area contributed by atoms with Gasteiger partial charge in [-0.05, 0) is 19.9 Å². The summed E-state index contributed by atoms with van der Waals surface area (Å²) in [6, 6.07) is 0.497. The van der Waals surface area contributed by atoms with Gasteiger partial charge < -0.3 is 10.6 Å². The molecule has 0 radical (unpaired) electrons. The Bertz CT molecular complexity index is 220. The highest BCUT2D eigenvalue weighted by Crippen LogP contribution is 1.93. The minimum atomic E-state index is 0.497. The van der Waals surface area contributed by atoms with Crippen LogP contribution in [0.3, 0.4) is 0 Å². The number of hydrogen-bond donors (Lipinski definition) is 3. The third kappa shape index (κ3) is 4.39. The monoisotopic (exact) mass is 196 g/mol. The second kappa shape index (κ2) is 6.56. The Morgan fingerprint density at radius 3 is 3.07 bits per heavy atom. The van der Waals surface area contributed by atoms with Crippen LogP contribution >= 0.6 is 0 Å². The van der Waals surface area contributed by atoms with Crippen molar-refractivity contribution >= 4 is 0 Å². The van der Waals surface area contributed by atoms with Gasteiger partial charge in [-0.3, -0.25) is 5.10 Å². The summed E-state index contributed by atoms with van der Waals surface area (Å²) in [6.07, 6.45) is 4.95. The lowest BCUT2D eigenvalue weighted by Crippen LogP contribution is -2.36. The fraction of sp³-hybridized carbons (Fsp3) is 0.700. The van der Waals surface area contributed by atoms with E-state index < -0.39 is 0 Å². The van der Waals surface area contributed by atoms with Crippen molar-refractivity contribution in [1.29, 1.82) is 0 Å². The molecule has 0 aliphatic heterocycles. The molecule has 0 amide bonds. The summed E-state index contributed by atoms with van der Waals surface area (Å²) in [7, 11) is 0. The van der Waals surface area contributed by atoms with Crippen molar-refractivity contribution in [2.24, 2.45) is 0 Å². The molecule has 0 aliphatic carbocycles. The molecule has 4 heteroatoms. The lowest BCUT2D eigenvalue weighted by Gasteiger charge is -2.13. The minimum absolute atomic E-state index is 0.497. The number of nitrogens with zero attached hydrogens (tertiary/aromatic N) is 1. The first kappa shape index (κ1) is 11.2. The lowest BCUT2D eigenvalue weighted by atomic mass is 10.3. The van der Waals surface area contributed by atoms with Crippen molar-refractivity contribution < 1.29 is 0 Å². The zero-order valence-corrected chi connectivity index (χ0v) is 9.01. The standard InChI is InChI=1S/C10H20N4/c1-3-4-11-5-9(2)12-6-10-7-13-14-8-10/h7-9,11-12H,3-6H2,1-2H3,(H,13,14). The molecule has 0 bridgehead atoms. The van der Waals surface area contributed by atoms with E-state index in [1.807, 2.05) is 12.4 Å². The number of H-pyrrole nitrogens is 1. The van der Waals surface area contributed by atoms with Crippen molar-refractivity contribution in [3.8, 4) is 0 Å². The van der Waals surface area contributed by atoms with Gasteiger partial charge in [-0.25, -0.2) is 0 Å². The topological polar surface area (TPSA) is 52.7 Å². The van der Waals surface area contributed by atoms with Gasteiger partial charge in [0, 0.05) is 30.9 Å². The number of hydrogen-bond acceptors (Lipinski definition) is 3. The lowest BCUT2D eigenvalue weighted by molar-refractivity contribution is 0.501. The van der Waals surface area contributed by atoms with Gasteiger partial charge in [-0.1, -0.05) is 6.92 Å². The largest absolute Gasteiger partial charge is 0.315 e. The molecule has 14 heavy (non-hydrogen) atoms. The first-order valence-electron chi connectivity index (χ1n) is 5.24. The van der Waals surface area contributed by atoms with Crippen LogP contribution in [-0.2, 0) is 6.54 Å². The molecule has 3 N–H and O–H groups in total. The third-order valence-corrected chi connectivity index (χ3v) is 2.09. The molecule has 0 saturated heterocycles. The summed E-state index contributed by atoms with van der Waals surface area (Å²) < 4.78 is 0. The molecule has 0 aromatic carbocycles. The highest BCUT2D eigenvalue weighted by Gasteiger charge is 2.00. The Labute approximate surface area is 85.5 Å². The van der Waals surface area contributed by atoms with Gasteiger partial charge in [-0.2, -0.15) is 5.10 Å². The summed E-state index contributed by atoms with van der Waals surface area (Å²) in [4.78, 5) is 0. The number of rotatable bonds is 7. The first-order chi connectivity index (χ1) is 6.83. The molecule has 0 spiro atoms. The van der Waals surface area contributed by atoms with Crippen molar-refractivity contribution in [3.05, 3.63) is 18.0 Å². The molecule has 0 aliphatic rings. The van der Waals surface area contributed by atoms with Gasteiger partial charge >= 0.3 is 0 Å². The molecule has 1 aromatic heterocycles. The van der Waals surface area contributed by atoms with E-state index in [9.17, 15) is 0 Å². The summed E-state index contributed by atoms with van der Waals surface area (Å²) in [5.41, 5.74) is 1.20. The van der Waals surface area contributed by atoms with Crippen LogP contribution in [-0.4, -0.2) is 29.3 Å². The molecular formula is C10H20N4. The maximum absolute atomic E-state index is 3.89. The SMILES string of the molecule is CCCNCC(C)NCc1cn[nH]c1. The van der Waals surface area contributed by atoms with Crippen LogP contribution in [0.1, 0.15) is 25.8 Å². The van der Waals surface area contributed by atoms with Crippen molar-refractivity contribution in [2.45, 2.75) is 32.9 Å². The first-order valence-corrected chi connectivity index (χ1v) is 5.24. The smallest absolute Gasteiger partial charge is 0.0532 e. The van der Waals surface area contributed by atoms with Gasteiger partial charge in [0.15, 0.2) is 0 Å². The number of nitrogens with one attached hydrogen (secondary N) is 3. The second-order valence-corrected chi connectivity index (χ2v) is 3.59. The normalized spacial score (nSPS) is 13.0. The third-order valence-electron chi connectivity index (χ3n) is 2.09. The predicted molar refractivity (Wildman–Crippen MR) is 58.1 cm³/mol. The Morgan fingerprint density at radius 2 is 2.43 bits per heavy atom.